The van der Waals surface area contributed by atoms with Gasteiger partial charge in [-0.2, -0.15) is 0 Å². The Morgan fingerprint density at radius 2 is 1.94 bits per heavy atom. The van der Waals surface area contributed by atoms with Crippen molar-refractivity contribution in [1.29, 1.82) is 0 Å². The molecule has 1 atom stereocenters. The van der Waals surface area contributed by atoms with Gasteiger partial charge in [0.2, 0.25) is 0 Å². The van der Waals surface area contributed by atoms with Gasteiger partial charge in [0, 0.05) is 31.7 Å². The highest BCUT2D eigenvalue weighted by Gasteiger charge is 2.29. The quantitative estimate of drug-likeness (QED) is 0.778. The number of likely N-dealkylation sites (N-methyl/N-ethyl adjacent to an activating group) is 1. The highest BCUT2D eigenvalue weighted by molar-refractivity contribution is 4.87. The Morgan fingerprint density at radius 3 is 2.56 bits per heavy atom. The van der Waals surface area contributed by atoms with E-state index in [1.165, 1.54) is 51.9 Å². The van der Waals surface area contributed by atoms with Crippen LogP contribution in [0, 0.1) is 5.41 Å². The fourth-order valence-electron chi connectivity index (χ4n) is 2.97. The highest BCUT2D eigenvalue weighted by atomic mass is 15.2. The monoisotopic (exact) mass is 253 g/mol. The zero-order valence-corrected chi connectivity index (χ0v) is 12.7. The predicted molar refractivity (Wildman–Crippen MR) is 78.0 cm³/mol. The van der Waals surface area contributed by atoms with Gasteiger partial charge in [0.05, 0.1) is 0 Å². The zero-order chi connectivity index (χ0) is 13.2. The second kappa shape index (κ2) is 5.89. The van der Waals surface area contributed by atoms with Crippen LogP contribution in [-0.2, 0) is 0 Å². The van der Waals surface area contributed by atoms with Gasteiger partial charge in [-0.25, -0.2) is 0 Å². The lowest BCUT2D eigenvalue weighted by atomic mass is 9.91. The van der Waals surface area contributed by atoms with Crippen LogP contribution in [-0.4, -0.2) is 62.2 Å². The average molecular weight is 253 g/mol. The third kappa shape index (κ3) is 4.52. The van der Waals surface area contributed by atoms with Crippen LogP contribution in [0.15, 0.2) is 0 Å². The molecule has 2 aliphatic rings. The van der Waals surface area contributed by atoms with Gasteiger partial charge in [-0.1, -0.05) is 13.8 Å². The molecule has 1 unspecified atom stereocenters. The Kier molecular flexibility index (Phi) is 4.68. The van der Waals surface area contributed by atoms with Gasteiger partial charge in [0.15, 0.2) is 0 Å². The van der Waals surface area contributed by atoms with Crippen LogP contribution in [0.4, 0.5) is 0 Å². The largest absolute Gasteiger partial charge is 0.313 e. The van der Waals surface area contributed by atoms with Crippen LogP contribution in [0.3, 0.4) is 0 Å². The van der Waals surface area contributed by atoms with Crippen molar-refractivity contribution in [2.75, 3.05) is 40.3 Å². The maximum Gasteiger partial charge on any atom is 0.0217 e. The molecule has 1 aliphatic carbocycles. The molecule has 106 valence electrons. The van der Waals surface area contributed by atoms with Crippen LogP contribution in [0.2, 0.25) is 0 Å². The number of hydrogen-bond acceptors (Lipinski definition) is 3. The van der Waals surface area contributed by atoms with Crippen molar-refractivity contribution < 1.29 is 0 Å². The normalized spacial score (nSPS) is 26.8. The molecule has 1 saturated heterocycles. The molecule has 0 bridgehead atoms. The minimum atomic E-state index is 0.400. The fourth-order valence-corrected chi connectivity index (χ4v) is 2.97. The van der Waals surface area contributed by atoms with Crippen LogP contribution >= 0.6 is 0 Å². The molecule has 1 saturated carbocycles. The summed E-state index contributed by atoms with van der Waals surface area (Å²) in [6, 6.07) is 1.59. The molecule has 0 amide bonds. The lowest BCUT2D eigenvalue weighted by molar-refractivity contribution is 0.0961. The van der Waals surface area contributed by atoms with Crippen molar-refractivity contribution in [3.8, 4) is 0 Å². The van der Waals surface area contributed by atoms with Gasteiger partial charge in [0.25, 0.3) is 0 Å². The molecule has 0 aromatic carbocycles. The van der Waals surface area contributed by atoms with E-state index in [-0.39, 0.29) is 0 Å². The molecule has 0 aromatic heterocycles. The summed E-state index contributed by atoms with van der Waals surface area (Å²) < 4.78 is 0. The van der Waals surface area contributed by atoms with E-state index in [2.05, 4.69) is 43.1 Å². The lowest BCUT2D eigenvalue weighted by Gasteiger charge is -2.40. The Hall–Kier alpha value is -0.120. The Balaban J connectivity index is 1.75. The second-order valence-corrected chi connectivity index (χ2v) is 7.31. The molecular formula is C15H31N3. The summed E-state index contributed by atoms with van der Waals surface area (Å²) >= 11 is 0. The molecule has 2 fully saturated rings. The standard InChI is InChI=1S/C15H31N3/c1-15(2,11-16-13-7-8-13)12-18-9-5-6-14(10-18)17(3)4/h13-14,16H,5-12H2,1-4H3. The number of piperidine rings is 1. The molecule has 0 aromatic rings. The summed E-state index contributed by atoms with van der Waals surface area (Å²) in [6.45, 7) is 9.75. The smallest absolute Gasteiger partial charge is 0.0217 e. The minimum Gasteiger partial charge on any atom is -0.313 e. The highest BCUT2D eigenvalue weighted by Crippen LogP contribution is 2.24. The summed E-state index contributed by atoms with van der Waals surface area (Å²) in [5, 5.41) is 3.68. The van der Waals surface area contributed by atoms with E-state index in [0.29, 0.717) is 5.41 Å². The molecule has 3 heteroatoms. The summed E-state index contributed by atoms with van der Waals surface area (Å²) in [5.41, 5.74) is 0.400. The molecule has 1 aliphatic heterocycles. The van der Waals surface area contributed by atoms with E-state index in [1.807, 2.05) is 0 Å². The van der Waals surface area contributed by atoms with Gasteiger partial charge >= 0.3 is 0 Å². The summed E-state index contributed by atoms with van der Waals surface area (Å²) in [7, 11) is 4.43. The Morgan fingerprint density at radius 1 is 1.22 bits per heavy atom. The molecule has 1 heterocycles. The van der Waals surface area contributed by atoms with Gasteiger partial charge in [-0.05, 0) is 51.7 Å². The van der Waals surface area contributed by atoms with Crippen molar-refractivity contribution in [1.82, 2.24) is 15.1 Å². The summed E-state index contributed by atoms with van der Waals surface area (Å²) in [5.74, 6) is 0. The SMILES string of the molecule is CN(C)C1CCCN(CC(C)(C)CNC2CC2)C1. The average Bonchev–Trinajstić information content (AvgIpc) is 3.10. The third-order valence-corrected chi connectivity index (χ3v) is 4.31. The van der Waals surface area contributed by atoms with E-state index in [1.54, 1.807) is 0 Å². The van der Waals surface area contributed by atoms with Crippen molar-refractivity contribution >= 4 is 0 Å². The first kappa shape index (κ1) is 14.3. The summed E-state index contributed by atoms with van der Waals surface area (Å²) in [6.07, 6.45) is 5.50. The van der Waals surface area contributed by atoms with Crippen LogP contribution in [0.25, 0.3) is 0 Å². The Labute approximate surface area is 113 Å². The topological polar surface area (TPSA) is 18.5 Å². The fraction of sp³-hybridized carbons (Fsp3) is 1.00. The first-order chi connectivity index (χ1) is 8.46. The molecule has 18 heavy (non-hydrogen) atoms. The van der Waals surface area contributed by atoms with E-state index in [9.17, 15) is 0 Å². The maximum absolute atomic E-state index is 3.68. The Bertz CT molecular complexity index is 258. The molecule has 2 rings (SSSR count). The lowest BCUT2D eigenvalue weighted by Crippen LogP contribution is -2.49. The first-order valence-corrected chi connectivity index (χ1v) is 7.58. The van der Waals surface area contributed by atoms with Gasteiger partial charge < -0.3 is 15.1 Å². The van der Waals surface area contributed by atoms with Crippen LogP contribution in [0.5, 0.6) is 0 Å². The minimum absolute atomic E-state index is 0.400. The van der Waals surface area contributed by atoms with Crippen LogP contribution < -0.4 is 5.32 Å². The molecular weight excluding hydrogens is 222 g/mol. The molecule has 3 nitrogen and oxygen atoms in total. The van der Waals surface area contributed by atoms with Crippen LogP contribution in [0.1, 0.15) is 39.5 Å². The van der Waals surface area contributed by atoms with Gasteiger partial charge in [0.1, 0.15) is 0 Å². The predicted octanol–water partition coefficient (Wildman–Crippen LogP) is 1.79. The van der Waals surface area contributed by atoms with Crippen molar-refractivity contribution in [2.24, 2.45) is 5.41 Å². The zero-order valence-electron chi connectivity index (χ0n) is 12.7. The molecule has 1 N–H and O–H groups in total. The van der Waals surface area contributed by atoms with E-state index >= 15 is 0 Å². The number of likely N-dealkylation sites (tertiary alicyclic amines) is 1. The number of nitrogens with one attached hydrogen (secondary N) is 1. The van der Waals surface area contributed by atoms with Gasteiger partial charge in [-0.3, -0.25) is 0 Å². The third-order valence-electron chi connectivity index (χ3n) is 4.31. The second-order valence-electron chi connectivity index (χ2n) is 7.31. The van der Waals surface area contributed by atoms with Gasteiger partial charge in [-0.15, -0.1) is 0 Å². The van der Waals surface area contributed by atoms with E-state index in [0.717, 1.165) is 12.1 Å². The first-order valence-electron chi connectivity index (χ1n) is 7.58. The van der Waals surface area contributed by atoms with Crippen molar-refractivity contribution in [3.05, 3.63) is 0 Å². The maximum atomic E-state index is 3.68. The summed E-state index contributed by atoms with van der Waals surface area (Å²) in [4.78, 5) is 5.06. The van der Waals surface area contributed by atoms with Crippen molar-refractivity contribution in [3.63, 3.8) is 0 Å². The van der Waals surface area contributed by atoms with Crippen molar-refractivity contribution in [2.45, 2.75) is 51.6 Å². The van der Waals surface area contributed by atoms with E-state index in [4.69, 9.17) is 0 Å². The molecule has 0 spiro atoms. The van der Waals surface area contributed by atoms with E-state index < -0.39 is 0 Å². The number of hydrogen-bond donors (Lipinski definition) is 1. The molecule has 0 radical (unpaired) electrons. The number of rotatable bonds is 6. The number of nitrogens with zero attached hydrogens (tertiary/aromatic N) is 2.